The van der Waals surface area contributed by atoms with Gasteiger partial charge in [-0.1, -0.05) is 18.3 Å². The van der Waals surface area contributed by atoms with E-state index < -0.39 is 5.82 Å². The van der Waals surface area contributed by atoms with E-state index in [4.69, 9.17) is 18.0 Å². The molecular weight excluding hydrogens is 251 g/mol. The zero-order valence-electron chi connectivity index (χ0n) is 9.99. The Labute approximate surface area is 111 Å². The highest BCUT2D eigenvalue weighted by Crippen LogP contribution is 2.16. The zero-order chi connectivity index (χ0) is 13.1. The van der Waals surface area contributed by atoms with Crippen molar-refractivity contribution in [3.63, 3.8) is 0 Å². The standard InChI is InChI=1S/C13H15FN2OS/c14-11-5-4-9(7-10(11)13(15)18)8-16-6-2-1-3-12(16)17/h4-5,7H,1-3,6,8H2,(H2,15,18). The van der Waals surface area contributed by atoms with Crippen LogP contribution in [0.5, 0.6) is 0 Å². The highest BCUT2D eigenvalue weighted by molar-refractivity contribution is 7.80. The number of halogens is 1. The van der Waals surface area contributed by atoms with Crippen molar-refractivity contribution in [3.05, 3.63) is 35.1 Å². The minimum atomic E-state index is -0.420. The molecule has 2 N–H and O–H groups in total. The van der Waals surface area contributed by atoms with Gasteiger partial charge in [0.15, 0.2) is 0 Å². The van der Waals surface area contributed by atoms with Gasteiger partial charge in [-0.2, -0.15) is 0 Å². The Morgan fingerprint density at radius 2 is 2.22 bits per heavy atom. The van der Waals surface area contributed by atoms with Crippen molar-refractivity contribution in [3.8, 4) is 0 Å². The molecule has 0 aromatic heterocycles. The predicted octanol–water partition coefficient (Wildman–Crippen LogP) is 1.97. The molecule has 5 heteroatoms. The van der Waals surface area contributed by atoms with Crippen molar-refractivity contribution in [1.29, 1.82) is 0 Å². The Morgan fingerprint density at radius 1 is 1.44 bits per heavy atom. The fourth-order valence-corrected chi connectivity index (χ4v) is 2.27. The Kier molecular flexibility index (Phi) is 3.91. The summed E-state index contributed by atoms with van der Waals surface area (Å²) in [7, 11) is 0. The molecule has 1 aliphatic rings. The number of nitrogens with two attached hydrogens (primary N) is 1. The molecular formula is C13H15FN2OS. The molecule has 18 heavy (non-hydrogen) atoms. The smallest absolute Gasteiger partial charge is 0.222 e. The van der Waals surface area contributed by atoms with Crippen LogP contribution < -0.4 is 5.73 Å². The third-order valence-electron chi connectivity index (χ3n) is 3.09. The van der Waals surface area contributed by atoms with E-state index in [0.717, 1.165) is 24.9 Å². The molecule has 1 heterocycles. The highest BCUT2D eigenvalue weighted by atomic mass is 32.1. The molecule has 1 aromatic carbocycles. The number of amides is 1. The van der Waals surface area contributed by atoms with Gasteiger partial charge < -0.3 is 10.6 Å². The van der Waals surface area contributed by atoms with Gasteiger partial charge >= 0.3 is 0 Å². The molecule has 0 spiro atoms. The zero-order valence-corrected chi connectivity index (χ0v) is 10.8. The van der Waals surface area contributed by atoms with Gasteiger partial charge in [-0.3, -0.25) is 4.79 Å². The summed E-state index contributed by atoms with van der Waals surface area (Å²) in [5.74, 6) is -0.265. The number of piperidine rings is 1. The van der Waals surface area contributed by atoms with Gasteiger partial charge in [-0.05, 0) is 30.5 Å². The fraction of sp³-hybridized carbons (Fsp3) is 0.385. The lowest BCUT2D eigenvalue weighted by molar-refractivity contribution is -0.133. The van der Waals surface area contributed by atoms with Crippen LogP contribution >= 0.6 is 12.2 Å². The summed E-state index contributed by atoms with van der Waals surface area (Å²) in [6.45, 7) is 1.26. The number of hydrogen-bond acceptors (Lipinski definition) is 2. The molecule has 0 bridgehead atoms. The topological polar surface area (TPSA) is 46.3 Å². The molecule has 0 saturated carbocycles. The highest BCUT2D eigenvalue weighted by Gasteiger charge is 2.18. The number of nitrogens with zero attached hydrogens (tertiary/aromatic N) is 1. The summed E-state index contributed by atoms with van der Waals surface area (Å²) in [5.41, 5.74) is 6.55. The molecule has 0 atom stereocenters. The molecule has 0 unspecified atom stereocenters. The van der Waals surface area contributed by atoms with Gasteiger partial charge in [-0.15, -0.1) is 0 Å². The maximum Gasteiger partial charge on any atom is 0.222 e. The van der Waals surface area contributed by atoms with Crippen LogP contribution in [0.4, 0.5) is 4.39 Å². The number of carbonyl (C=O) groups excluding carboxylic acids is 1. The van der Waals surface area contributed by atoms with E-state index >= 15 is 0 Å². The van der Waals surface area contributed by atoms with Crippen LogP contribution in [0.25, 0.3) is 0 Å². The quantitative estimate of drug-likeness (QED) is 0.851. The Bertz CT molecular complexity index is 490. The second-order valence-electron chi connectivity index (χ2n) is 4.45. The van der Waals surface area contributed by atoms with Crippen molar-refractivity contribution in [2.45, 2.75) is 25.8 Å². The maximum atomic E-state index is 13.4. The molecule has 0 aliphatic carbocycles. The molecule has 0 radical (unpaired) electrons. The van der Waals surface area contributed by atoms with Gasteiger partial charge in [-0.25, -0.2) is 4.39 Å². The molecule has 1 saturated heterocycles. The molecule has 1 fully saturated rings. The number of rotatable bonds is 3. The third-order valence-corrected chi connectivity index (χ3v) is 3.31. The van der Waals surface area contributed by atoms with Crippen LogP contribution in [-0.4, -0.2) is 22.3 Å². The molecule has 96 valence electrons. The van der Waals surface area contributed by atoms with Gasteiger partial charge in [0.25, 0.3) is 0 Å². The first kappa shape index (κ1) is 13.0. The van der Waals surface area contributed by atoms with E-state index in [1.54, 1.807) is 17.0 Å². The fourth-order valence-electron chi connectivity index (χ4n) is 2.11. The lowest BCUT2D eigenvalue weighted by Gasteiger charge is -2.26. The molecule has 3 nitrogen and oxygen atoms in total. The second kappa shape index (κ2) is 5.44. The average Bonchev–Trinajstić information content (AvgIpc) is 2.34. The van der Waals surface area contributed by atoms with E-state index in [2.05, 4.69) is 0 Å². The summed E-state index contributed by atoms with van der Waals surface area (Å²) in [5, 5.41) is 0. The van der Waals surface area contributed by atoms with Crippen molar-refractivity contribution in [2.24, 2.45) is 5.73 Å². The Balaban J connectivity index is 2.16. The lowest BCUT2D eigenvalue weighted by Crippen LogP contribution is -2.34. The number of carbonyl (C=O) groups is 1. The summed E-state index contributed by atoms with van der Waals surface area (Å²) >= 11 is 4.79. The number of benzene rings is 1. The molecule has 1 aliphatic heterocycles. The molecule has 1 aromatic rings. The first-order chi connectivity index (χ1) is 8.58. The number of likely N-dealkylation sites (tertiary alicyclic amines) is 1. The van der Waals surface area contributed by atoms with Crippen LogP contribution in [-0.2, 0) is 11.3 Å². The SMILES string of the molecule is NC(=S)c1cc(CN2CCCCC2=O)ccc1F. The van der Waals surface area contributed by atoms with Crippen LogP contribution in [0.2, 0.25) is 0 Å². The minimum absolute atomic E-state index is 0.0410. The normalized spacial score (nSPS) is 15.8. The van der Waals surface area contributed by atoms with E-state index in [1.807, 2.05) is 0 Å². The lowest BCUT2D eigenvalue weighted by atomic mass is 10.1. The summed E-state index contributed by atoms with van der Waals surface area (Å²) in [6.07, 6.45) is 2.58. The summed E-state index contributed by atoms with van der Waals surface area (Å²) in [4.78, 5) is 13.5. The molecule has 2 rings (SSSR count). The van der Waals surface area contributed by atoms with E-state index in [9.17, 15) is 9.18 Å². The second-order valence-corrected chi connectivity index (χ2v) is 4.89. The van der Waals surface area contributed by atoms with Crippen LogP contribution in [0, 0.1) is 5.82 Å². The predicted molar refractivity (Wildman–Crippen MR) is 71.6 cm³/mol. The van der Waals surface area contributed by atoms with Crippen LogP contribution in [0.3, 0.4) is 0 Å². The first-order valence-electron chi connectivity index (χ1n) is 5.94. The maximum absolute atomic E-state index is 13.4. The first-order valence-corrected chi connectivity index (χ1v) is 6.35. The number of thiocarbonyl (C=S) groups is 1. The van der Waals surface area contributed by atoms with Gasteiger partial charge in [0.2, 0.25) is 5.91 Å². The summed E-state index contributed by atoms with van der Waals surface area (Å²) < 4.78 is 13.4. The van der Waals surface area contributed by atoms with Gasteiger partial charge in [0.1, 0.15) is 10.8 Å². The third kappa shape index (κ3) is 2.85. The minimum Gasteiger partial charge on any atom is -0.389 e. The largest absolute Gasteiger partial charge is 0.389 e. The van der Waals surface area contributed by atoms with E-state index in [1.165, 1.54) is 6.07 Å². The summed E-state index contributed by atoms with van der Waals surface area (Å²) in [6, 6.07) is 4.64. The van der Waals surface area contributed by atoms with Crippen molar-refractivity contribution in [1.82, 2.24) is 4.90 Å². The van der Waals surface area contributed by atoms with Gasteiger partial charge in [0, 0.05) is 25.1 Å². The van der Waals surface area contributed by atoms with E-state index in [-0.39, 0.29) is 16.5 Å². The monoisotopic (exact) mass is 266 g/mol. The van der Waals surface area contributed by atoms with Crippen molar-refractivity contribution in [2.75, 3.05) is 6.54 Å². The van der Waals surface area contributed by atoms with E-state index in [0.29, 0.717) is 13.0 Å². The van der Waals surface area contributed by atoms with Gasteiger partial charge in [0.05, 0.1) is 0 Å². The van der Waals surface area contributed by atoms with Crippen LogP contribution in [0.15, 0.2) is 18.2 Å². The number of hydrogen-bond donors (Lipinski definition) is 1. The van der Waals surface area contributed by atoms with Crippen LogP contribution in [0.1, 0.15) is 30.4 Å². The Hall–Kier alpha value is -1.49. The Morgan fingerprint density at radius 3 is 2.89 bits per heavy atom. The average molecular weight is 266 g/mol. The van der Waals surface area contributed by atoms with Crippen molar-refractivity contribution < 1.29 is 9.18 Å². The van der Waals surface area contributed by atoms with Crippen molar-refractivity contribution >= 4 is 23.1 Å². The molecule has 1 amide bonds.